The number of nitrogens with zero attached hydrogens (tertiary/aromatic N) is 2. The summed E-state index contributed by atoms with van der Waals surface area (Å²) in [6.45, 7) is 21.9. The lowest BCUT2D eigenvalue weighted by Gasteiger charge is -2.19. The summed E-state index contributed by atoms with van der Waals surface area (Å²) in [6.07, 6.45) is 0. The molecule has 0 fully saturated rings. The first-order chi connectivity index (χ1) is 10.6. The first-order valence-electron chi connectivity index (χ1n) is 8.37. The van der Waals surface area contributed by atoms with Crippen molar-refractivity contribution < 1.29 is 0 Å². The summed E-state index contributed by atoms with van der Waals surface area (Å²) in [5.74, 6) is 0. The van der Waals surface area contributed by atoms with Crippen LogP contribution >= 0.6 is 0 Å². The van der Waals surface area contributed by atoms with E-state index in [1.165, 1.54) is 55.9 Å². The molecular weight excluding hydrogens is 280 g/mol. The maximum atomic E-state index is 4.98. The fourth-order valence-corrected chi connectivity index (χ4v) is 3.50. The fourth-order valence-electron chi connectivity index (χ4n) is 3.50. The van der Waals surface area contributed by atoms with Crippen LogP contribution in [-0.4, -0.2) is 10.4 Å². The highest BCUT2D eigenvalue weighted by molar-refractivity contribution is 6.02. The van der Waals surface area contributed by atoms with Crippen molar-refractivity contribution in [3.8, 4) is 0 Å². The number of hydrogen-bond donors (Lipinski definition) is 0. The molecule has 1 heterocycles. The van der Waals surface area contributed by atoms with Gasteiger partial charge in [0.25, 0.3) is 0 Å². The smallest absolute Gasteiger partial charge is 0.0660 e. The van der Waals surface area contributed by atoms with Crippen molar-refractivity contribution in [2.24, 2.45) is 5.10 Å². The molecule has 0 radical (unpaired) electrons. The van der Waals surface area contributed by atoms with Gasteiger partial charge in [0.05, 0.1) is 5.71 Å². The van der Waals surface area contributed by atoms with Crippen molar-refractivity contribution in [1.82, 2.24) is 4.68 Å². The van der Waals surface area contributed by atoms with Crippen LogP contribution < -0.4 is 0 Å². The molecule has 23 heavy (non-hydrogen) atoms. The van der Waals surface area contributed by atoms with E-state index in [0.717, 1.165) is 5.71 Å². The van der Waals surface area contributed by atoms with Gasteiger partial charge in [-0.1, -0.05) is 0 Å². The van der Waals surface area contributed by atoms with Crippen molar-refractivity contribution in [2.45, 2.75) is 69.2 Å². The zero-order valence-corrected chi connectivity index (χ0v) is 16.4. The van der Waals surface area contributed by atoms with Crippen molar-refractivity contribution >= 4 is 5.71 Å². The van der Waals surface area contributed by atoms with Crippen molar-refractivity contribution in [1.29, 1.82) is 0 Å². The molecule has 2 nitrogen and oxygen atoms in total. The van der Waals surface area contributed by atoms with Crippen LogP contribution in [-0.2, 0) is 0 Å². The van der Waals surface area contributed by atoms with Crippen LogP contribution in [0.5, 0.6) is 0 Å². The second-order valence-corrected chi connectivity index (χ2v) is 6.92. The molecule has 0 aliphatic heterocycles. The molecule has 1 aromatic heterocycles. The van der Waals surface area contributed by atoms with E-state index in [-0.39, 0.29) is 0 Å². The summed E-state index contributed by atoms with van der Waals surface area (Å²) < 4.78 is 2.10. The Morgan fingerprint density at radius 2 is 0.913 bits per heavy atom. The molecule has 1 aromatic carbocycles. The van der Waals surface area contributed by atoms with Crippen molar-refractivity contribution in [3.05, 3.63) is 55.9 Å². The lowest BCUT2D eigenvalue weighted by atomic mass is 9.88. The summed E-state index contributed by atoms with van der Waals surface area (Å²) in [4.78, 5) is 0. The van der Waals surface area contributed by atoms with Crippen LogP contribution in [0.2, 0.25) is 0 Å². The second-order valence-electron chi connectivity index (χ2n) is 6.92. The van der Waals surface area contributed by atoms with Crippen molar-refractivity contribution in [2.75, 3.05) is 0 Å². The Hall–Kier alpha value is -1.83. The first-order valence-corrected chi connectivity index (χ1v) is 8.37. The predicted octanol–water partition coefficient (Wildman–Crippen LogP) is 5.54. The lowest BCUT2D eigenvalue weighted by Crippen LogP contribution is -2.10. The summed E-state index contributed by atoms with van der Waals surface area (Å²) in [5, 5.41) is 4.98. The highest BCUT2D eigenvalue weighted by Gasteiger charge is 2.16. The second kappa shape index (κ2) is 5.99. The van der Waals surface area contributed by atoms with E-state index in [2.05, 4.69) is 73.9 Å². The van der Waals surface area contributed by atoms with Gasteiger partial charge in [0.15, 0.2) is 0 Å². The molecule has 0 aliphatic carbocycles. The standard InChI is InChI=1S/C21H30N2/c1-11-12(2)16(6)21(17(7)13(11)3)18(8)22-23-19(9)14(4)15(5)20(23)10/h1-10H3/b22-18-. The average Bonchev–Trinajstić information content (AvgIpc) is 2.69. The minimum Gasteiger partial charge on any atom is -0.242 e. The van der Waals surface area contributed by atoms with Gasteiger partial charge >= 0.3 is 0 Å². The van der Waals surface area contributed by atoms with E-state index in [0.29, 0.717) is 0 Å². The third-order valence-corrected chi connectivity index (χ3v) is 5.90. The largest absolute Gasteiger partial charge is 0.242 e. The van der Waals surface area contributed by atoms with Crippen LogP contribution in [0.4, 0.5) is 0 Å². The Labute approximate surface area is 141 Å². The number of rotatable bonds is 2. The van der Waals surface area contributed by atoms with Crippen LogP contribution in [0, 0.1) is 62.3 Å². The predicted molar refractivity (Wildman–Crippen MR) is 101 cm³/mol. The van der Waals surface area contributed by atoms with E-state index >= 15 is 0 Å². The first kappa shape index (κ1) is 17.5. The normalized spacial score (nSPS) is 12.2. The van der Waals surface area contributed by atoms with E-state index < -0.39 is 0 Å². The maximum absolute atomic E-state index is 4.98. The molecule has 124 valence electrons. The van der Waals surface area contributed by atoms with E-state index in [1.807, 2.05) is 0 Å². The van der Waals surface area contributed by atoms with Crippen LogP contribution in [0.1, 0.15) is 62.8 Å². The maximum Gasteiger partial charge on any atom is 0.0660 e. The van der Waals surface area contributed by atoms with Gasteiger partial charge in [-0.2, -0.15) is 5.10 Å². The molecule has 0 unspecified atom stereocenters. The minimum absolute atomic E-state index is 1.09. The molecule has 0 spiro atoms. The third-order valence-electron chi connectivity index (χ3n) is 5.90. The molecule has 2 rings (SSSR count). The number of aromatic nitrogens is 1. The van der Waals surface area contributed by atoms with E-state index in [1.54, 1.807) is 0 Å². The van der Waals surface area contributed by atoms with Gasteiger partial charge in [0.1, 0.15) is 0 Å². The number of hydrogen-bond acceptors (Lipinski definition) is 1. The Balaban J connectivity index is 2.72. The summed E-state index contributed by atoms with van der Waals surface area (Å²) in [5.41, 5.74) is 14.4. The van der Waals surface area contributed by atoms with Gasteiger partial charge in [0, 0.05) is 17.0 Å². The SMILES string of the molecule is C/C(=N/n1c(C)c(C)c(C)c1C)c1c(C)c(C)c(C)c(C)c1C. The Bertz CT molecular complexity index is 763. The van der Waals surface area contributed by atoms with Gasteiger partial charge in [-0.05, 0) is 108 Å². The zero-order chi connectivity index (χ0) is 17.6. The molecule has 2 aromatic rings. The van der Waals surface area contributed by atoms with Gasteiger partial charge < -0.3 is 0 Å². The lowest BCUT2D eigenvalue weighted by molar-refractivity contribution is 0.806. The van der Waals surface area contributed by atoms with Gasteiger partial charge in [-0.3, -0.25) is 0 Å². The van der Waals surface area contributed by atoms with Crippen molar-refractivity contribution in [3.63, 3.8) is 0 Å². The monoisotopic (exact) mass is 310 g/mol. The molecule has 0 N–H and O–H groups in total. The minimum atomic E-state index is 1.09. The topological polar surface area (TPSA) is 17.3 Å². The zero-order valence-electron chi connectivity index (χ0n) is 16.4. The number of benzene rings is 1. The van der Waals surface area contributed by atoms with E-state index in [4.69, 9.17) is 5.10 Å². The Morgan fingerprint density at radius 1 is 0.565 bits per heavy atom. The summed E-state index contributed by atoms with van der Waals surface area (Å²) in [7, 11) is 0. The van der Waals surface area contributed by atoms with Crippen LogP contribution in [0.15, 0.2) is 5.10 Å². The molecule has 0 saturated carbocycles. The molecule has 2 heteroatoms. The third kappa shape index (κ3) is 2.65. The molecule has 0 amide bonds. The van der Waals surface area contributed by atoms with Gasteiger partial charge in [0.2, 0.25) is 0 Å². The fraction of sp³-hybridized carbons (Fsp3) is 0.476. The quantitative estimate of drug-likeness (QED) is 0.648. The van der Waals surface area contributed by atoms with E-state index in [9.17, 15) is 0 Å². The summed E-state index contributed by atoms with van der Waals surface area (Å²) >= 11 is 0. The average molecular weight is 310 g/mol. The molecule has 0 aliphatic rings. The molecule has 0 atom stereocenters. The summed E-state index contributed by atoms with van der Waals surface area (Å²) in [6, 6.07) is 0. The van der Waals surface area contributed by atoms with Gasteiger partial charge in [-0.15, -0.1) is 0 Å². The molecular formula is C21H30N2. The molecule has 0 saturated heterocycles. The van der Waals surface area contributed by atoms with Crippen LogP contribution in [0.3, 0.4) is 0 Å². The van der Waals surface area contributed by atoms with Gasteiger partial charge in [-0.25, -0.2) is 4.68 Å². The van der Waals surface area contributed by atoms with Crippen LogP contribution in [0.25, 0.3) is 0 Å². The highest BCUT2D eigenvalue weighted by atomic mass is 15.4. The molecule has 0 bridgehead atoms. The Morgan fingerprint density at radius 3 is 1.30 bits per heavy atom. The Kier molecular flexibility index (Phi) is 4.57. The highest BCUT2D eigenvalue weighted by Crippen LogP contribution is 2.27.